The topological polar surface area (TPSA) is 166 Å². The number of H-pyrrole nitrogens is 1. The Bertz CT molecular complexity index is 1420. The van der Waals surface area contributed by atoms with Gasteiger partial charge in [0.25, 0.3) is 5.91 Å². The van der Waals surface area contributed by atoms with Gasteiger partial charge in [-0.15, -0.1) is 0 Å². The molecule has 4 aromatic rings. The van der Waals surface area contributed by atoms with Crippen molar-refractivity contribution in [2.45, 2.75) is 6.18 Å². The van der Waals surface area contributed by atoms with Crippen LogP contribution < -0.4 is 11.5 Å². The SMILES string of the molecule is CN(OC(=O)C(F)(F)F)C(=O)c1cc(-c2ncc(-c3cn[nH]c3)c3onc(N)c23)c(F)cc1N. The number of hydrogen-bond acceptors (Lipinski definition) is 9. The third kappa shape index (κ3) is 3.82. The van der Waals surface area contributed by atoms with Gasteiger partial charge in [-0.2, -0.15) is 23.3 Å². The molecule has 3 aromatic heterocycles. The van der Waals surface area contributed by atoms with Gasteiger partial charge in [-0.05, 0) is 12.1 Å². The Balaban J connectivity index is 1.81. The molecule has 0 aliphatic carbocycles. The molecule has 0 fully saturated rings. The summed E-state index contributed by atoms with van der Waals surface area (Å²) < 4.78 is 57.5. The second-order valence-electron chi connectivity index (χ2n) is 6.88. The lowest BCUT2D eigenvalue weighted by molar-refractivity contribution is -0.225. The second-order valence-corrected chi connectivity index (χ2v) is 6.88. The van der Waals surface area contributed by atoms with Crippen LogP contribution in [0.25, 0.3) is 33.4 Å². The third-order valence-corrected chi connectivity index (χ3v) is 4.69. The van der Waals surface area contributed by atoms with E-state index in [1.54, 1.807) is 6.20 Å². The minimum atomic E-state index is -5.34. The second kappa shape index (κ2) is 8.02. The van der Waals surface area contributed by atoms with E-state index < -0.39 is 35.1 Å². The van der Waals surface area contributed by atoms with Crippen molar-refractivity contribution in [1.29, 1.82) is 0 Å². The number of aromatic nitrogens is 4. The number of rotatable bonds is 3. The Labute approximate surface area is 186 Å². The smallest absolute Gasteiger partial charge is 0.398 e. The van der Waals surface area contributed by atoms with Crippen molar-refractivity contribution in [2.75, 3.05) is 18.5 Å². The zero-order chi connectivity index (χ0) is 24.8. The van der Waals surface area contributed by atoms with E-state index in [0.717, 1.165) is 19.2 Å². The molecule has 0 saturated carbocycles. The number of nitrogens with two attached hydrogens (primary N) is 2. The van der Waals surface area contributed by atoms with E-state index in [4.69, 9.17) is 16.0 Å². The van der Waals surface area contributed by atoms with Crippen LogP contribution in [0.3, 0.4) is 0 Å². The first kappa shape index (κ1) is 22.5. The number of amides is 1. The van der Waals surface area contributed by atoms with E-state index in [-0.39, 0.29) is 33.1 Å². The minimum absolute atomic E-state index is 0.0298. The first-order chi connectivity index (χ1) is 16.0. The molecule has 3 heterocycles. The summed E-state index contributed by atoms with van der Waals surface area (Å²) >= 11 is 0. The molecular weight excluding hydrogens is 466 g/mol. The normalized spacial score (nSPS) is 11.6. The van der Waals surface area contributed by atoms with Crippen LogP contribution in [0.15, 0.2) is 35.2 Å². The standard InChI is InChI=1S/C19H13F4N7O4/c1-30(34-18(32)19(21,22)23)17(31)9-2-8(11(20)3-12(9)24)14-13-15(33-29-16(13)25)10(6-26-14)7-4-27-28-5-7/h2-6H,24H2,1H3,(H2,25,29)(H,27,28). The summed E-state index contributed by atoms with van der Waals surface area (Å²) in [6.45, 7) is 0. The molecule has 0 atom stereocenters. The van der Waals surface area contributed by atoms with Gasteiger partial charge in [0, 0.05) is 41.8 Å². The van der Waals surface area contributed by atoms with Gasteiger partial charge < -0.3 is 20.8 Å². The fourth-order valence-electron chi connectivity index (χ4n) is 3.12. The molecule has 1 amide bonds. The highest BCUT2D eigenvalue weighted by molar-refractivity contribution is 6.06. The summed E-state index contributed by atoms with van der Waals surface area (Å²) in [6.07, 6.45) is -0.977. The quantitative estimate of drug-likeness (QED) is 0.227. The van der Waals surface area contributed by atoms with Crippen molar-refractivity contribution < 1.29 is 36.5 Å². The molecule has 0 spiro atoms. The molecule has 0 bridgehead atoms. The van der Waals surface area contributed by atoms with Crippen LogP contribution in [0, 0.1) is 5.82 Å². The highest BCUT2D eigenvalue weighted by Gasteiger charge is 2.43. The Hall–Kier alpha value is -4.69. The monoisotopic (exact) mass is 479 g/mol. The summed E-state index contributed by atoms with van der Waals surface area (Å²) in [4.78, 5) is 31.9. The van der Waals surface area contributed by atoms with Crippen molar-refractivity contribution in [3.05, 3.63) is 42.1 Å². The Morgan fingerprint density at radius 3 is 2.56 bits per heavy atom. The average Bonchev–Trinajstić information content (AvgIpc) is 3.43. The lowest BCUT2D eigenvalue weighted by Crippen LogP contribution is -2.36. The summed E-state index contributed by atoms with van der Waals surface area (Å²) in [5, 5.41) is 10.3. The van der Waals surface area contributed by atoms with Crippen LogP contribution in [-0.2, 0) is 9.63 Å². The van der Waals surface area contributed by atoms with Gasteiger partial charge in [0.1, 0.15) is 5.82 Å². The molecule has 0 aliphatic heterocycles. The fraction of sp³-hybridized carbons (Fsp3) is 0.105. The van der Waals surface area contributed by atoms with Crippen molar-refractivity contribution in [3.63, 3.8) is 0 Å². The summed E-state index contributed by atoms with van der Waals surface area (Å²) in [5.41, 5.74) is 11.5. The Kier molecular flexibility index (Phi) is 5.31. The Morgan fingerprint density at radius 2 is 1.91 bits per heavy atom. The molecule has 0 unspecified atom stereocenters. The predicted octanol–water partition coefficient (Wildman–Crippen LogP) is 2.68. The summed E-state index contributed by atoms with van der Waals surface area (Å²) in [5.74, 6) is -4.93. The van der Waals surface area contributed by atoms with Crippen molar-refractivity contribution in [3.8, 4) is 22.4 Å². The van der Waals surface area contributed by atoms with Gasteiger partial charge in [0.05, 0.1) is 22.8 Å². The molecule has 15 heteroatoms. The molecule has 34 heavy (non-hydrogen) atoms. The van der Waals surface area contributed by atoms with Crippen LogP contribution in [0.4, 0.5) is 29.1 Å². The van der Waals surface area contributed by atoms with Crippen LogP contribution in [0.5, 0.6) is 0 Å². The number of carbonyl (C=O) groups is 2. The van der Waals surface area contributed by atoms with Crippen molar-refractivity contribution >= 4 is 34.4 Å². The summed E-state index contributed by atoms with van der Waals surface area (Å²) in [6, 6.07) is 1.71. The van der Waals surface area contributed by atoms with Gasteiger partial charge in [-0.3, -0.25) is 14.9 Å². The largest absolute Gasteiger partial charge is 0.493 e. The van der Waals surface area contributed by atoms with Gasteiger partial charge in [-0.25, -0.2) is 9.18 Å². The number of hydroxylamine groups is 2. The molecule has 5 N–H and O–H groups in total. The van der Waals surface area contributed by atoms with E-state index in [2.05, 4.69) is 25.2 Å². The molecule has 0 radical (unpaired) electrons. The zero-order valence-electron chi connectivity index (χ0n) is 17.0. The number of halogens is 4. The number of aromatic amines is 1. The van der Waals surface area contributed by atoms with Crippen LogP contribution >= 0.6 is 0 Å². The molecule has 176 valence electrons. The lowest BCUT2D eigenvalue weighted by atomic mass is 10.00. The number of alkyl halides is 3. The van der Waals surface area contributed by atoms with Crippen LogP contribution in [-0.4, -0.2) is 50.5 Å². The average molecular weight is 479 g/mol. The van der Waals surface area contributed by atoms with E-state index in [1.165, 1.54) is 12.4 Å². The zero-order valence-corrected chi connectivity index (χ0v) is 17.0. The molecule has 1 aromatic carbocycles. The lowest BCUT2D eigenvalue weighted by Gasteiger charge is -2.18. The maximum Gasteiger partial charge on any atom is 0.493 e. The maximum absolute atomic E-state index is 14.9. The number of nitrogens with zero attached hydrogens (tertiary/aromatic N) is 4. The highest BCUT2D eigenvalue weighted by Crippen LogP contribution is 2.38. The van der Waals surface area contributed by atoms with Crippen molar-refractivity contribution in [2.24, 2.45) is 0 Å². The number of hydrogen-bond donors (Lipinski definition) is 3. The van der Waals surface area contributed by atoms with Crippen LogP contribution in [0.2, 0.25) is 0 Å². The number of nitrogen functional groups attached to an aromatic ring is 2. The first-order valence-corrected chi connectivity index (χ1v) is 9.18. The maximum atomic E-state index is 14.9. The number of carbonyl (C=O) groups excluding carboxylic acids is 2. The van der Waals surface area contributed by atoms with Gasteiger partial charge in [-0.1, -0.05) is 5.16 Å². The number of pyridine rings is 1. The Morgan fingerprint density at radius 1 is 1.18 bits per heavy atom. The fourth-order valence-corrected chi connectivity index (χ4v) is 3.12. The molecule has 0 aliphatic rings. The van der Waals surface area contributed by atoms with Gasteiger partial charge in [0.15, 0.2) is 11.4 Å². The van der Waals surface area contributed by atoms with E-state index in [0.29, 0.717) is 11.1 Å². The molecule has 11 nitrogen and oxygen atoms in total. The predicted molar refractivity (Wildman–Crippen MR) is 108 cm³/mol. The number of benzene rings is 1. The molecule has 4 rings (SSSR count). The number of fused-ring (bicyclic) bond motifs is 1. The number of anilines is 2. The van der Waals surface area contributed by atoms with E-state index >= 15 is 0 Å². The number of nitrogens with one attached hydrogen (secondary N) is 1. The van der Waals surface area contributed by atoms with Crippen molar-refractivity contribution in [1.82, 2.24) is 25.4 Å². The molecular formula is C19H13F4N7O4. The first-order valence-electron chi connectivity index (χ1n) is 9.18. The van der Waals surface area contributed by atoms with E-state index in [9.17, 15) is 27.2 Å². The highest BCUT2D eigenvalue weighted by atomic mass is 19.4. The van der Waals surface area contributed by atoms with Gasteiger partial charge in [0.2, 0.25) is 0 Å². The minimum Gasteiger partial charge on any atom is -0.398 e. The van der Waals surface area contributed by atoms with E-state index in [1.807, 2.05) is 0 Å². The molecule has 0 saturated heterocycles. The third-order valence-electron chi connectivity index (χ3n) is 4.69. The van der Waals surface area contributed by atoms with Crippen LogP contribution in [0.1, 0.15) is 10.4 Å². The van der Waals surface area contributed by atoms with Gasteiger partial charge >= 0.3 is 12.1 Å². The summed E-state index contributed by atoms with van der Waals surface area (Å²) in [7, 11) is 0.766.